The predicted molar refractivity (Wildman–Crippen MR) is 131 cm³/mol. The summed E-state index contributed by atoms with van der Waals surface area (Å²) in [4.78, 5) is 18.0. The molecule has 0 radical (unpaired) electrons. The molecule has 0 spiro atoms. The van der Waals surface area contributed by atoms with Crippen LogP contribution in [0.15, 0.2) is 75.0 Å². The van der Waals surface area contributed by atoms with Crippen LogP contribution in [-0.4, -0.2) is 29.6 Å². The number of hydrogen-bond donors (Lipinski definition) is 0. The number of aromatic nitrogens is 2. The molecule has 0 aliphatic carbocycles. The van der Waals surface area contributed by atoms with E-state index in [1.165, 1.54) is 11.8 Å². The molecule has 0 saturated carbocycles. The van der Waals surface area contributed by atoms with E-state index in [0.29, 0.717) is 49.9 Å². The van der Waals surface area contributed by atoms with Crippen molar-refractivity contribution in [2.75, 3.05) is 13.7 Å². The third-order valence-electron chi connectivity index (χ3n) is 4.76. The second-order valence-corrected chi connectivity index (χ2v) is 7.91. The van der Waals surface area contributed by atoms with Crippen LogP contribution in [0, 0.1) is 0 Å². The van der Waals surface area contributed by atoms with E-state index in [-0.39, 0.29) is 5.56 Å². The molecule has 1 heterocycles. The molecule has 0 aliphatic heterocycles. The third kappa shape index (κ3) is 4.13. The molecule has 0 aliphatic rings. The van der Waals surface area contributed by atoms with Crippen molar-refractivity contribution in [2.24, 2.45) is 5.10 Å². The predicted octanol–water partition coefficient (Wildman–Crippen LogP) is 5.77. The molecule has 4 aromatic rings. The Balaban J connectivity index is 1.91. The van der Waals surface area contributed by atoms with Gasteiger partial charge in [-0.25, -0.2) is 4.98 Å². The van der Waals surface area contributed by atoms with Gasteiger partial charge in [-0.3, -0.25) is 4.79 Å². The summed E-state index contributed by atoms with van der Waals surface area (Å²) in [5, 5.41) is 5.32. The lowest BCUT2D eigenvalue weighted by Crippen LogP contribution is -2.20. The normalized spacial score (nSPS) is 11.2. The van der Waals surface area contributed by atoms with Crippen molar-refractivity contribution in [3.8, 4) is 22.9 Å². The standard InChI is InChI=1S/C24H19BrClN3O3/c1-3-32-19-13-16(20(25)21(26)22(19)31-2)14-27-29-23(15-9-5-4-6-10-15)28-18-12-8-7-11-17(18)24(29)30/h4-14H,3H2,1-2H3. The number of fused-ring (bicyclic) bond motifs is 1. The lowest BCUT2D eigenvalue weighted by Gasteiger charge is -2.14. The smallest absolute Gasteiger partial charge is 0.282 e. The fraction of sp³-hybridized carbons (Fsp3) is 0.125. The van der Waals surface area contributed by atoms with Crippen molar-refractivity contribution < 1.29 is 9.47 Å². The molecular weight excluding hydrogens is 494 g/mol. The minimum atomic E-state index is -0.272. The van der Waals surface area contributed by atoms with Crippen molar-refractivity contribution in [1.29, 1.82) is 0 Å². The van der Waals surface area contributed by atoms with E-state index >= 15 is 0 Å². The first-order chi connectivity index (χ1) is 15.5. The largest absolute Gasteiger partial charge is 0.491 e. The van der Waals surface area contributed by atoms with Gasteiger partial charge < -0.3 is 9.47 Å². The van der Waals surface area contributed by atoms with Crippen LogP contribution in [0.1, 0.15) is 12.5 Å². The second-order valence-electron chi connectivity index (χ2n) is 6.74. The molecule has 0 unspecified atom stereocenters. The molecule has 162 valence electrons. The molecule has 0 fully saturated rings. The molecule has 4 rings (SSSR count). The topological polar surface area (TPSA) is 65.7 Å². The summed E-state index contributed by atoms with van der Waals surface area (Å²) in [6.07, 6.45) is 1.54. The molecule has 8 heteroatoms. The van der Waals surface area contributed by atoms with Crippen LogP contribution in [0.25, 0.3) is 22.3 Å². The van der Waals surface area contributed by atoms with Crippen LogP contribution >= 0.6 is 27.5 Å². The highest BCUT2D eigenvalue weighted by Crippen LogP contribution is 2.42. The Morgan fingerprint density at radius 3 is 2.59 bits per heavy atom. The van der Waals surface area contributed by atoms with Gasteiger partial charge in [0, 0.05) is 15.6 Å². The Labute approximate surface area is 198 Å². The van der Waals surface area contributed by atoms with Crippen molar-refractivity contribution in [3.05, 3.63) is 86.1 Å². The van der Waals surface area contributed by atoms with Crippen LogP contribution in [0.2, 0.25) is 5.02 Å². The van der Waals surface area contributed by atoms with Gasteiger partial charge >= 0.3 is 0 Å². The third-order valence-corrected chi connectivity index (χ3v) is 6.20. The summed E-state index contributed by atoms with van der Waals surface area (Å²) in [7, 11) is 1.52. The zero-order valence-electron chi connectivity index (χ0n) is 17.4. The number of halogens is 2. The fourth-order valence-corrected chi connectivity index (χ4v) is 3.95. The van der Waals surface area contributed by atoms with E-state index in [0.717, 1.165) is 5.56 Å². The fourth-order valence-electron chi connectivity index (χ4n) is 3.28. The van der Waals surface area contributed by atoms with Crippen LogP contribution in [-0.2, 0) is 0 Å². The van der Waals surface area contributed by atoms with E-state index in [2.05, 4.69) is 21.0 Å². The number of benzene rings is 3. The summed E-state index contributed by atoms with van der Waals surface area (Å²) < 4.78 is 12.9. The Hall–Kier alpha value is -3.16. The van der Waals surface area contributed by atoms with E-state index in [1.54, 1.807) is 24.4 Å². The molecule has 1 aromatic heterocycles. The average molecular weight is 513 g/mol. The second kappa shape index (κ2) is 9.54. The van der Waals surface area contributed by atoms with Gasteiger partial charge in [-0.05, 0) is 41.1 Å². The van der Waals surface area contributed by atoms with E-state index in [1.807, 2.05) is 49.4 Å². The zero-order chi connectivity index (χ0) is 22.7. The number of nitrogens with zero attached hydrogens (tertiary/aromatic N) is 3. The van der Waals surface area contributed by atoms with Gasteiger partial charge in [-0.15, -0.1) is 0 Å². The molecule has 0 atom stereocenters. The highest BCUT2D eigenvalue weighted by atomic mass is 79.9. The average Bonchev–Trinajstić information content (AvgIpc) is 2.82. The quantitative estimate of drug-likeness (QED) is 0.308. The number of para-hydroxylation sites is 1. The first-order valence-corrected chi connectivity index (χ1v) is 11.0. The maximum atomic E-state index is 13.3. The number of rotatable bonds is 6. The minimum absolute atomic E-state index is 0.272. The van der Waals surface area contributed by atoms with Gasteiger partial charge in [-0.2, -0.15) is 9.78 Å². The van der Waals surface area contributed by atoms with Gasteiger partial charge in [0.1, 0.15) is 5.02 Å². The SMILES string of the molecule is CCOc1cc(C=Nn2c(-c3ccccc3)nc3ccccc3c2=O)c(Br)c(Cl)c1OC. The summed E-state index contributed by atoms with van der Waals surface area (Å²) in [6, 6.07) is 18.4. The van der Waals surface area contributed by atoms with Gasteiger partial charge in [0.05, 0.1) is 30.8 Å². The van der Waals surface area contributed by atoms with Crippen molar-refractivity contribution in [2.45, 2.75) is 6.92 Å². The Kier molecular flexibility index (Phi) is 6.58. The number of hydrogen-bond acceptors (Lipinski definition) is 5. The molecule has 0 bridgehead atoms. The van der Waals surface area contributed by atoms with Gasteiger partial charge in [0.25, 0.3) is 5.56 Å². The lowest BCUT2D eigenvalue weighted by molar-refractivity contribution is 0.311. The lowest BCUT2D eigenvalue weighted by atomic mass is 10.2. The van der Waals surface area contributed by atoms with Crippen molar-refractivity contribution in [1.82, 2.24) is 9.66 Å². The first-order valence-electron chi connectivity index (χ1n) is 9.85. The van der Waals surface area contributed by atoms with Crippen molar-refractivity contribution >= 4 is 44.6 Å². The van der Waals surface area contributed by atoms with Gasteiger partial charge in [0.15, 0.2) is 17.3 Å². The van der Waals surface area contributed by atoms with Gasteiger partial charge in [0.2, 0.25) is 0 Å². The minimum Gasteiger partial charge on any atom is -0.491 e. The zero-order valence-corrected chi connectivity index (χ0v) is 19.7. The van der Waals surface area contributed by atoms with Crippen LogP contribution in [0.4, 0.5) is 0 Å². The summed E-state index contributed by atoms with van der Waals surface area (Å²) in [5.74, 6) is 1.34. The van der Waals surface area contributed by atoms with Crippen LogP contribution < -0.4 is 15.0 Å². The van der Waals surface area contributed by atoms with Crippen LogP contribution in [0.3, 0.4) is 0 Å². The van der Waals surface area contributed by atoms with E-state index in [9.17, 15) is 4.79 Å². The highest BCUT2D eigenvalue weighted by molar-refractivity contribution is 9.10. The summed E-state index contributed by atoms with van der Waals surface area (Å²) >= 11 is 9.95. The number of methoxy groups -OCH3 is 1. The first kappa shape index (κ1) is 22.0. The van der Waals surface area contributed by atoms with E-state index < -0.39 is 0 Å². The molecule has 3 aromatic carbocycles. The maximum absolute atomic E-state index is 13.3. The Bertz CT molecular complexity index is 1370. The molecule has 6 nitrogen and oxygen atoms in total. The number of ether oxygens (including phenoxy) is 2. The van der Waals surface area contributed by atoms with Gasteiger partial charge in [-0.1, -0.05) is 54.1 Å². The monoisotopic (exact) mass is 511 g/mol. The highest BCUT2D eigenvalue weighted by Gasteiger charge is 2.17. The van der Waals surface area contributed by atoms with E-state index in [4.69, 9.17) is 26.1 Å². The summed E-state index contributed by atoms with van der Waals surface area (Å²) in [6.45, 7) is 2.31. The molecule has 0 amide bonds. The molecule has 0 N–H and O–H groups in total. The Morgan fingerprint density at radius 2 is 1.88 bits per heavy atom. The van der Waals surface area contributed by atoms with Crippen molar-refractivity contribution in [3.63, 3.8) is 0 Å². The molecule has 0 saturated heterocycles. The molecule has 32 heavy (non-hydrogen) atoms. The maximum Gasteiger partial charge on any atom is 0.282 e. The Morgan fingerprint density at radius 1 is 1.16 bits per heavy atom. The molecular formula is C24H19BrClN3O3. The summed E-state index contributed by atoms with van der Waals surface area (Å²) in [5.41, 5.74) is 1.73. The van der Waals surface area contributed by atoms with Crippen LogP contribution in [0.5, 0.6) is 11.5 Å².